The van der Waals surface area contributed by atoms with Gasteiger partial charge < -0.3 is 4.74 Å². The lowest BCUT2D eigenvalue weighted by Crippen LogP contribution is -2.04. The van der Waals surface area contributed by atoms with Crippen molar-refractivity contribution in [2.45, 2.75) is 19.4 Å². The zero-order valence-corrected chi connectivity index (χ0v) is 9.34. The summed E-state index contributed by atoms with van der Waals surface area (Å²) in [7, 11) is 0. The smallest absolute Gasteiger partial charge is 0.122 e. The SMILES string of the molecule is C=CCOc1ccccc1C[C@@H](C)N=[N+]=[N-]. The molecule has 4 heteroatoms. The Labute approximate surface area is 95.2 Å². The van der Waals surface area contributed by atoms with Crippen LogP contribution in [0.25, 0.3) is 10.4 Å². The second-order valence-corrected chi connectivity index (χ2v) is 3.47. The van der Waals surface area contributed by atoms with Crippen molar-refractivity contribution in [1.82, 2.24) is 0 Å². The van der Waals surface area contributed by atoms with Crippen molar-refractivity contribution in [3.05, 3.63) is 52.9 Å². The Morgan fingerprint density at radius 1 is 1.56 bits per heavy atom. The van der Waals surface area contributed by atoms with Crippen molar-refractivity contribution in [3.8, 4) is 5.75 Å². The fourth-order valence-electron chi connectivity index (χ4n) is 1.41. The summed E-state index contributed by atoms with van der Waals surface area (Å²) in [6.07, 6.45) is 2.38. The van der Waals surface area contributed by atoms with Crippen LogP contribution in [0.15, 0.2) is 42.0 Å². The quantitative estimate of drug-likeness (QED) is 0.311. The summed E-state index contributed by atoms with van der Waals surface area (Å²) < 4.78 is 5.51. The maximum absolute atomic E-state index is 8.34. The number of para-hydroxylation sites is 1. The molecule has 0 aromatic heterocycles. The third-order valence-corrected chi connectivity index (χ3v) is 2.09. The molecule has 0 aliphatic rings. The van der Waals surface area contributed by atoms with Crippen molar-refractivity contribution in [2.24, 2.45) is 5.11 Å². The third-order valence-electron chi connectivity index (χ3n) is 2.09. The van der Waals surface area contributed by atoms with Crippen LogP contribution in [0.2, 0.25) is 0 Å². The molecule has 1 atom stereocenters. The molecule has 84 valence electrons. The highest BCUT2D eigenvalue weighted by atomic mass is 16.5. The van der Waals surface area contributed by atoms with E-state index < -0.39 is 0 Å². The molecule has 0 aliphatic carbocycles. The van der Waals surface area contributed by atoms with Gasteiger partial charge in [-0.25, -0.2) is 0 Å². The Bertz CT molecular complexity index is 397. The van der Waals surface area contributed by atoms with E-state index in [1.807, 2.05) is 31.2 Å². The van der Waals surface area contributed by atoms with Crippen LogP contribution in [-0.2, 0) is 6.42 Å². The molecule has 1 aromatic rings. The zero-order chi connectivity index (χ0) is 11.8. The van der Waals surface area contributed by atoms with E-state index in [4.69, 9.17) is 10.3 Å². The highest BCUT2D eigenvalue weighted by Gasteiger charge is 2.06. The summed E-state index contributed by atoms with van der Waals surface area (Å²) in [4.78, 5) is 2.79. The lowest BCUT2D eigenvalue weighted by atomic mass is 10.1. The first-order valence-corrected chi connectivity index (χ1v) is 5.13. The summed E-state index contributed by atoms with van der Waals surface area (Å²) in [5.41, 5.74) is 9.38. The highest BCUT2D eigenvalue weighted by Crippen LogP contribution is 2.20. The zero-order valence-electron chi connectivity index (χ0n) is 9.34. The topological polar surface area (TPSA) is 58.0 Å². The molecule has 0 saturated heterocycles. The van der Waals surface area contributed by atoms with Gasteiger partial charge in [-0.2, -0.15) is 0 Å². The van der Waals surface area contributed by atoms with Gasteiger partial charge in [-0.1, -0.05) is 42.9 Å². The molecular weight excluding hydrogens is 202 g/mol. The minimum absolute atomic E-state index is 0.0709. The molecule has 0 amide bonds. The van der Waals surface area contributed by atoms with E-state index in [1.165, 1.54) is 0 Å². The molecule has 0 aliphatic heterocycles. The normalized spacial score (nSPS) is 11.3. The van der Waals surface area contributed by atoms with E-state index in [1.54, 1.807) is 6.08 Å². The van der Waals surface area contributed by atoms with Crippen LogP contribution in [0, 0.1) is 0 Å². The number of azide groups is 1. The molecule has 4 nitrogen and oxygen atoms in total. The molecule has 1 rings (SSSR count). The molecular formula is C12H15N3O. The van der Waals surface area contributed by atoms with Gasteiger partial charge in [0.15, 0.2) is 0 Å². The van der Waals surface area contributed by atoms with Gasteiger partial charge >= 0.3 is 0 Å². The van der Waals surface area contributed by atoms with Crippen LogP contribution in [0.4, 0.5) is 0 Å². The second kappa shape index (κ2) is 6.53. The van der Waals surface area contributed by atoms with Gasteiger partial charge in [0.2, 0.25) is 0 Å². The van der Waals surface area contributed by atoms with Gasteiger partial charge in [-0.05, 0) is 23.6 Å². The first kappa shape index (κ1) is 12.1. The number of rotatable bonds is 6. The monoisotopic (exact) mass is 217 g/mol. The average Bonchev–Trinajstić information content (AvgIpc) is 2.28. The van der Waals surface area contributed by atoms with Crippen LogP contribution in [0.3, 0.4) is 0 Å². The third kappa shape index (κ3) is 3.67. The van der Waals surface area contributed by atoms with Crippen molar-refractivity contribution < 1.29 is 4.74 Å². The number of hydrogen-bond donors (Lipinski definition) is 0. The fraction of sp³-hybridized carbons (Fsp3) is 0.333. The van der Waals surface area contributed by atoms with Crippen LogP contribution in [0.1, 0.15) is 12.5 Å². The molecule has 0 unspecified atom stereocenters. The second-order valence-electron chi connectivity index (χ2n) is 3.47. The van der Waals surface area contributed by atoms with Crippen molar-refractivity contribution in [3.63, 3.8) is 0 Å². The van der Waals surface area contributed by atoms with Gasteiger partial charge in [-0.15, -0.1) is 0 Å². The maximum Gasteiger partial charge on any atom is 0.122 e. The number of nitrogens with zero attached hydrogens (tertiary/aromatic N) is 3. The first-order chi connectivity index (χ1) is 7.77. The van der Waals surface area contributed by atoms with E-state index in [9.17, 15) is 0 Å². The van der Waals surface area contributed by atoms with Gasteiger partial charge in [0.25, 0.3) is 0 Å². The van der Waals surface area contributed by atoms with E-state index in [0.29, 0.717) is 13.0 Å². The highest BCUT2D eigenvalue weighted by molar-refractivity contribution is 5.34. The molecule has 0 saturated carbocycles. The molecule has 0 fully saturated rings. The van der Waals surface area contributed by atoms with Gasteiger partial charge in [0.05, 0.1) is 0 Å². The van der Waals surface area contributed by atoms with Gasteiger partial charge in [0.1, 0.15) is 12.4 Å². The Balaban J connectivity index is 2.77. The predicted molar refractivity (Wildman–Crippen MR) is 64.4 cm³/mol. The number of benzene rings is 1. The summed E-state index contributed by atoms with van der Waals surface area (Å²) in [6.45, 7) is 5.96. The van der Waals surface area contributed by atoms with Gasteiger partial charge in [0, 0.05) is 11.0 Å². The summed E-state index contributed by atoms with van der Waals surface area (Å²) in [6, 6.07) is 7.67. The molecule has 0 N–H and O–H groups in total. The minimum Gasteiger partial charge on any atom is -0.489 e. The molecule has 0 radical (unpaired) electrons. The fourth-order valence-corrected chi connectivity index (χ4v) is 1.41. The largest absolute Gasteiger partial charge is 0.489 e. The van der Waals surface area contributed by atoms with Crippen LogP contribution in [0.5, 0.6) is 5.75 Å². The lowest BCUT2D eigenvalue weighted by molar-refractivity contribution is 0.358. The average molecular weight is 217 g/mol. The number of ether oxygens (including phenoxy) is 1. The standard InChI is InChI=1S/C12H15N3O/c1-3-8-16-12-7-5-4-6-11(12)9-10(2)14-15-13/h3-7,10H,1,8-9H2,2H3/t10-/m1/s1. The summed E-state index contributed by atoms with van der Waals surface area (Å²) >= 11 is 0. The first-order valence-electron chi connectivity index (χ1n) is 5.13. The Morgan fingerprint density at radius 2 is 2.31 bits per heavy atom. The lowest BCUT2D eigenvalue weighted by Gasteiger charge is -2.11. The van der Waals surface area contributed by atoms with Crippen LogP contribution >= 0.6 is 0 Å². The Kier molecular flexibility index (Phi) is 4.96. The van der Waals surface area contributed by atoms with Crippen LogP contribution < -0.4 is 4.74 Å². The van der Waals surface area contributed by atoms with Crippen LogP contribution in [-0.4, -0.2) is 12.6 Å². The molecule has 1 aromatic carbocycles. The van der Waals surface area contributed by atoms with Crippen molar-refractivity contribution in [1.29, 1.82) is 0 Å². The molecule has 16 heavy (non-hydrogen) atoms. The minimum atomic E-state index is -0.0709. The van der Waals surface area contributed by atoms with E-state index in [2.05, 4.69) is 16.6 Å². The summed E-state index contributed by atoms with van der Waals surface area (Å²) in [5, 5.41) is 3.65. The number of hydrogen-bond acceptors (Lipinski definition) is 2. The molecule has 0 bridgehead atoms. The molecule has 0 spiro atoms. The van der Waals surface area contributed by atoms with E-state index in [0.717, 1.165) is 11.3 Å². The predicted octanol–water partition coefficient (Wildman–Crippen LogP) is 3.49. The van der Waals surface area contributed by atoms with E-state index >= 15 is 0 Å². The van der Waals surface area contributed by atoms with E-state index in [-0.39, 0.29) is 6.04 Å². The van der Waals surface area contributed by atoms with Gasteiger partial charge in [-0.3, -0.25) is 0 Å². The Hall–Kier alpha value is -1.93. The van der Waals surface area contributed by atoms with Crippen molar-refractivity contribution in [2.75, 3.05) is 6.61 Å². The molecule has 0 heterocycles. The summed E-state index contributed by atoms with van der Waals surface area (Å²) in [5.74, 6) is 0.822. The Morgan fingerprint density at radius 3 is 3.00 bits per heavy atom. The van der Waals surface area contributed by atoms with Crippen molar-refractivity contribution >= 4 is 0 Å². The maximum atomic E-state index is 8.34.